The molecule has 1 rings (SSSR count). The van der Waals surface area contributed by atoms with E-state index in [1.54, 1.807) is 0 Å². The first-order valence-electron chi connectivity index (χ1n) is 5.33. The van der Waals surface area contributed by atoms with Crippen molar-refractivity contribution in [3.8, 4) is 0 Å². The molecule has 0 bridgehead atoms. The van der Waals surface area contributed by atoms with Crippen LogP contribution in [0, 0.1) is 5.92 Å². The summed E-state index contributed by atoms with van der Waals surface area (Å²) >= 11 is 5.47. The Morgan fingerprint density at radius 3 is 2.33 bits per heavy atom. The molecule has 0 aliphatic heterocycles. The molecule has 0 aromatic heterocycles. The van der Waals surface area contributed by atoms with Crippen molar-refractivity contribution in [1.29, 1.82) is 0 Å². The van der Waals surface area contributed by atoms with E-state index in [2.05, 4.69) is 26.0 Å². The highest BCUT2D eigenvalue weighted by Crippen LogP contribution is 2.27. The van der Waals surface area contributed by atoms with Crippen molar-refractivity contribution in [1.82, 2.24) is 0 Å². The molecule has 0 fully saturated rings. The fourth-order valence-electron chi connectivity index (χ4n) is 1.83. The lowest BCUT2D eigenvalue weighted by molar-refractivity contribution is -0.112. The van der Waals surface area contributed by atoms with E-state index in [-0.39, 0.29) is 11.2 Å². The minimum Gasteiger partial charge on any atom is -0.281 e. The first-order valence-corrected chi connectivity index (χ1v) is 5.70. The molecule has 2 heteroatoms. The fraction of sp³-hybridized carbons (Fsp3) is 0.462. The maximum absolute atomic E-state index is 11.0. The molecule has 1 aromatic rings. The van der Waals surface area contributed by atoms with Crippen molar-refractivity contribution in [2.24, 2.45) is 5.92 Å². The second-order valence-electron chi connectivity index (χ2n) is 4.30. The van der Waals surface area contributed by atoms with Crippen LogP contribution < -0.4 is 0 Å². The van der Waals surface area contributed by atoms with Crippen molar-refractivity contribution >= 4 is 16.8 Å². The zero-order valence-corrected chi connectivity index (χ0v) is 10.00. The summed E-state index contributed by atoms with van der Waals surface area (Å²) in [5.41, 5.74) is 1.21. The Morgan fingerprint density at radius 1 is 1.27 bits per heavy atom. The summed E-state index contributed by atoms with van der Waals surface area (Å²) in [5, 5.41) is -0.246. The Bertz CT molecular complexity index is 306. The van der Waals surface area contributed by atoms with Gasteiger partial charge in [0.1, 0.15) is 0 Å². The summed E-state index contributed by atoms with van der Waals surface area (Å²) in [6, 6.07) is 10.1. The Balaban J connectivity index is 2.76. The number of carbonyl (C=O) groups is 1. The van der Waals surface area contributed by atoms with Crippen LogP contribution in [0.15, 0.2) is 30.3 Å². The minimum absolute atomic E-state index is 0.246. The summed E-state index contributed by atoms with van der Waals surface area (Å²) in [6.45, 7) is 4.32. The third-order valence-electron chi connectivity index (χ3n) is 2.43. The molecule has 1 atom stereocenters. The molecule has 15 heavy (non-hydrogen) atoms. The average Bonchev–Trinajstić information content (AvgIpc) is 2.17. The van der Waals surface area contributed by atoms with Crippen LogP contribution in [0.4, 0.5) is 0 Å². The Hall–Kier alpha value is -0.820. The van der Waals surface area contributed by atoms with Crippen LogP contribution in [0.1, 0.15) is 38.2 Å². The molecular weight excluding hydrogens is 208 g/mol. The Morgan fingerprint density at radius 2 is 1.87 bits per heavy atom. The predicted octanol–water partition coefficient (Wildman–Crippen LogP) is 3.97. The lowest BCUT2D eigenvalue weighted by Crippen LogP contribution is -2.06. The number of hydrogen-bond acceptors (Lipinski definition) is 1. The van der Waals surface area contributed by atoms with Gasteiger partial charge in [0.05, 0.1) is 0 Å². The van der Waals surface area contributed by atoms with E-state index in [0.29, 0.717) is 12.3 Å². The van der Waals surface area contributed by atoms with E-state index in [4.69, 9.17) is 11.6 Å². The summed E-state index contributed by atoms with van der Waals surface area (Å²) < 4.78 is 0. The van der Waals surface area contributed by atoms with E-state index < -0.39 is 0 Å². The molecule has 82 valence electrons. The van der Waals surface area contributed by atoms with Crippen LogP contribution in [-0.4, -0.2) is 5.24 Å². The van der Waals surface area contributed by atoms with Crippen LogP contribution in [0.3, 0.4) is 0 Å². The summed E-state index contributed by atoms with van der Waals surface area (Å²) in [7, 11) is 0. The standard InChI is InChI=1S/C13H17ClO/c1-10(2)8-12(9-13(14)15)11-6-4-3-5-7-11/h3-7,10,12H,8-9H2,1-2H3. The van der Waals surface area contributed by atoms with Gasteiger partial charge in [0.15, 0.2) is 0 Å². The Kier molecular flexibility index (Phi) is 4.83. The second kappa shape index (κ2) is 5.92. The molecule has 0 radical (unpaired) electrons. The third-order valence-corrected chi connectivity index (χ3v) is 2.59. The highest BCUT2D eigenvalue weighted by atomic mass is 35.5. The number of halogens is 1. The zero-order chi connectivity index (χ0) is 11.3. The largest absolute Gasteiger partial charge is 0.281 e. The third kappa shape index (κ3) is 4.48. The van der Waals surface area contributed by atoms with Crippen LogP contribution in [0.5, 0.6) is 0 Å². The van der Waals surface area contributed by atoms with Gasteiger partial charge in [0, 0.05) is 6.42 Å². The topological polar surface area (TPSA) is 17.1 Å². The lowest BCUT2D eigenvalue weighted by atomic mass is 9.88. The number of hydrogen-bond donors (Lipinski definition) is 0. The molecule has 1 aromatic carbocycles. The quantitative estimate of drug-likeness (QED) is 0.692. The highest BCUT2D eigenvalue weighted by Gasteiger charge is 2.15. The molecule has 0 aliphatic carbocycles. The van der Waals surface area contributed by atoms with Gasteiger partial charge in [-0.1, -0.05) is 44.2 Å². The molecular formula is C13H17ClO. The molecule has 0 amide bonds. The summed E-state index contributed by atoms with van der Waals surface area (Å²) in [6.07, 6.45) is 1.44. The maximum Gasteiger partial charge on any atom is 0.222 e. The molecule has 1 nitrogen and oxygen atoms in total. The van der Waals surface area contributed by atoms with E-state index in [1.165, 1.54) is 5.56 Å². The van der Waals surface area contributed by atoms with E-state index in [0.717, 1.165) is 6.42 Å². The number of carbonyl (C=O) groups excluding carboxylic acids is 1. The summed E-state index contributed by atoms with van der Waals surface area (Å²) in [5.74, 6) is 0.836. The molecule has 0 N–H and O–H groups in total. The van der Waals surface area contributed by atoms with E-state index in [9.17, 15) is 4.79 Å². The fourth-order valence-corrected chi connectivity index (χ4v) is 2.01. The van der Waals surface area contributed by atoms with Crippen molar-refractivity contribution in [2.45, 2.75) is 32.6 Å². The Labute approximate surface area is 96.5 Å². The molecule has 0 saturated carbocycles. The first kappa shape index (κ1) is 12.3. The van der Waals surface area contributed by atoms with Gasteiger partial charge in [-0.05, 0) is 35.4 Å². The minimum atomic E-state index is -0.246. The van der Waals surface area contributed by atoms with Crippen LogP contribution in [0.25, 0.3) is 0 Å². The van der Waals surface area contributed by atoms with Crippen LogP contribution >= 0.6 is 11.6 Å². The lowest BCUT2D eigenvalue weighted by Gasteiger charge is -2.17. The van der Waals surface area contributed by atoms with Gasteiger partial charge in [-0.25, -0.2) is 0 Å². The average molecular weight is 225 g/mol. The van der Waals surface area contributed by atoms with Gasteiger partial charge in [-0.15, -0.1) is 0 Å². The summed E-state index contributed by atoms with van der Waals surface area (Å²) in [4.78, 5) is 11.0. The van der Waals surface area contributed by atoms with E-state index in [1.807, 2.05) is 18.2 Å². The van der Waals surface area contributed by atoms with Gasteiger partial charge in [-0.3, -0.25) is 4.79 Å². The van der Waals surface area contributed by atoms with Gasteiger partial charge in [0.25, 0.3) is 0 Å². The van der Waals surface area contributed by atoms with Crippen molar-refractivity contribution in [3.05, 3.63) is 35.9 Å². The molecule has 0 aliphatic rings. The molecule has 0 heterocycles. The first-order chi connectivity index (χ1) is 7.09. The van der Waals surface area contributed by atoms with Crippen molar-refractivity contribution < 1.29 is 4.79 Å². The van der Waals surface area contributed by atoms with Crippen molar-refractivity contribution in [3.63, 3.8) is 0 Å². The maximum atomic E-state index is 11.0. The van der Waals surface area contributed by atoms with Crippen molar-refractivity contribution in [2.75, 3.05) is 0 Å². The number of benzene rings is 1. The molecule has 0 saturated heterocycles. The monoisotopic (exact) mass is 224 g/mol. The van der Waals surface area contributed by atoms with Gasteiger partial charge in [0.2, 0.25) is 5.24 Å². The van der Waals surface area contributed by atoms with Gasteiger partial charge >= 0.3 is 0 Å². The van der Waals surface area contributed by atoms with Crippen LogP contribution in [0.2, 0.25) is 0 Å². The van der Waals surface area contributed by atoms with Crippen LogP contribution in [-0.2, 0) is 4.79 Å². The predicted molar refractivity (Wildman–Crippen MR) is 64.1 cm³/mol. The molecule has 1 unspecified atom stereocenters. The number of rotatable bonds is 5. The van der Waals surface area contributed by atoms with Gasteiger partial charge in [-0.2, -0.15) is 0 Å². The molecule has 0 spiro atoms. The normalized spacial score (nSPS) is 12.8. The highest BCUT2D eigenvalue weighted by molar-refractivity contribution is 6.63. The smallest absolute Gasteiger partial charge is 0.222 e. The second-order valence-corrected chi connectivity index (χ2v) is 4.72. The zero-order valence-electron chi connectivity index (χ0n) is 9.24. The van der Waals surface area contributed by atoms with Gasteiger partial charge < -0.3 is 0 Å². The SMILES string of the molecule is CC(C)CC(CC(=O)Cl)c1ccccc1. The van der Waals surface area contributed by atoms with E-state index >= 15 is 0 Å².